The van der Waals surface area contributed by atoms with Crippen LogP contribution in [0.4, 0.5) is 0 Å². The van der Waals surface area contributed by atoms with Gasteiger partial charge in [0.15, 0.2) is 0 Å². The standard InChI is InChI=1S/C34H49N5O6S2/c1-23(2)30-36-25(19-46-30)31(42)39-16-17-45-34(21-39)11-14-38(15-12-34)13-7-5-6-10-33(3,4)20-35-18-27(44-22-40)24-8-9-26(41)28-29(24)47-32(43)37-28/h8-9,19,22-23,27,35,41H,5-7,10-18,20-21H2,1-4H3,(H,37,43)/t27-/m0/s1. The monoisotopic (exact) mass is 687 g/mol. The summed E-state index contributed by atoms with van der Waals surface area (Å²) in [7, 11) is 0. The molecule has 2 aromatic heterocycles. The van der Waals surface area contributed by atoms with Crippen LogP contribution in [0.15, 0.2) is 22.3 Å². The van der Waals surface area contributed by atoms with E-state index in [1.165, 1.54) is 6.07 Å². The van der Waals surface area contributed by atoms with Crippen LogP contribution in [0.1, 0.15) is 99.3 Å². The lowest BCUT2D eigenvalue weighted by molar-refractivity contribution is -0.133. The van der Waals surface area contributed by atoms with Gasteiger partial charge in [-0.3, -0.25) is 14.4 Å². The summed E-state index contributed by atoms with van der Waals surface area (Å²) >= 11 is 2.56. The Kier molecular flexibility index (Phi) is 11.8. The number of piperidine rings is 1. The van der Waals surface area contributed by atoms with Crippen molar-refractivity contribution in [1.29, 1.82) is 0 Å². The average molecular weight is 688 g/mol. The maximum atomic E-state index is 13.2. The maximum absolute atomic E-state index is 13.2. The summed E-state index contributed by atoms with van der Waals surface area (Å²) in [5, 5.41) is 16.5. The van der Waals surface area contributed by atoms with Crippen LogP contribution in [0.25, 0.3) is 10.2 Å². The van der Waals surface area contributed by atoms with E-state index in [9.17, 15) is 19.5 Å². The van der Waals surface area contributed by atoms with Crippen LogP contribution in [0.5, 0.6) is 5.75 Å². The SMILES string of the molecule is CC(C)c1nc(C(=O)N2CCOC3(CCN(CCCCCC(C)(C)CNC[C@H](OC=O)c4ccc(O)c5[nH]c(=O)sc45)CC3)C2)cs1. The van der Waals surface area contributed by atoms with Crippen LogP contribution in [-0.4, -0.2) is 95.3 Å². The number of amides is 1. The summed E-state index contributed by atoms with van der Waals surface area (Å²) in [6.07, 6.45) is 5.82. The van der Waals surface area contributed by atoms with Gasteiger partial charge in [0.25, 0.3) is 12.4 Å². The Labute approximate surface area is 284 Å². The number of morpholine rings is 1. The fourth-order valence-electron chi connectivity index (χ4n) is 6.66. The lowest BCUT2D eigenvalue weighted by Gasteiger charge is -2.47. The lowest BCUT2D eigenvalue weighted by Crippen LogP contribution is -2.58. The van der Waals surface area contributed by atoms with Gasteiger partial charge in [-0.1, -0.05) is 57.9 Å². The Hall–Kier alpha value is -2.84. The first-order valence-electron chi connectivity index (χ1n) is 16.7. The largest absolute Gasteiger partial charge is 0.506 e. The minimum absolute atomic E-state index is 0.00367. The van der Waals surface area contributed by atoms with Crippen molar-refractivity contribution in [3.8, 4) is 5.75 Å². The molecule has 0 radical (unpaired) electrons. The Morgan fingerprint density at radius 1 is 1.23 bits per heavy atom. The number of H-pyrrole nitrogens is 1. The number of benzene rings is 1. The molecular weight excluding hydrogens is 639 g/mol. The second-order valence-corrected chi connectivity index (χ2v) is 15.9. The molecule has 0 aliphatic carbocycles. The number of carbonyl (C=O) groups excluding carboxylic acids is 2. The van der Waals surface area contributed by atoms with E-state index in [0.717, 1.165) is 81.0 Å². The molecule has 1 amide bonds. The van der Waals surface area contributed by atoms with Crippen LogP contribution in [0.2, 0.25) is 0 Å². The number of thiazole rings is 2. The molecule has 2 aliphatic heterocycles. The summed E-state index contributed by atoms with van der Waals surface area (Å²) in [6.45, 7) is 15.2. The van der Waals surface area contributed by atoms with Crippen molar-refractivity contribution in [1.82, 2.24) is 25.1 Å². The molecule has 5 rings (SSSR count). The highest BCUT2D eigenvalue weighted by atomic mass is 32.1. The van der Waals surface area contributed by atoms with Crippen molar-refractivity contribution >= 4 is 45.3 Å². The van der Waals surface area contributed by atoms with Gasteiger partial charge in [0.1, 0.15) is 23.1 Å². The number of hydrogen-bond acceptors (Lipinski definition) is 11. The fraction of sp³-hybridized carbons (Fsp3) is 0.647. The summed E-state index contributed by atoms with van der Waals surface area (Å²) in [5.41, 5.74) is 1.44. The summed E-state index contributed by atoms with van der Waals surface area (Å²) in [4.78, 5) is 47.8. The lowest BCUT2D eigenvalue weighted by atomic mass is 9.86. The third kappa shape index (κ3) is 9.00. The number of nitrogens with zero attached hydrogens (tertiary/aromatic N) is 3. The number of phenolic OH excluding ortho intramolecular Hbond substituents is 1. The molecule has 47 heavy (non-hydrogen) atoms. The van der Waals surface area contributed by atoms with E-state index < -0.39 is 6.10 Å². The number of ether oxygens (including phenoxy) is 2. The molecule has 0 saturated carbocycles. The highest BCUT2D eigenvalue weighted by Crippen LogP contribution is 2.34. The maximum Gasteiger partial charge on any atom is 0.305 e. The van der Waals surface area contributed by atoms with Crippen molar-refractivity contribution in [2.75, 3.05) is 52.4 Å². The average Bonchev–Trinajstić information content (AvgIpc) is 3.69. The van der Waals surface area contributed by atoms with Crippen LogP contribution in [0, 0.1) is 5.41 Å². The first-order valence-corrected chi connectivity index (χ1v) is 18.4. The Balaban J connectivity index is 0.999. The van der Waals surface area contributed by atoms with Gasteiger partial charge in [-0.05, 0) is 43.7 Å². The van der Waals surface area contributed by atoms with Crippen molar-refractivity contribution in [3.05, 3.63) is 43.4 Å². The number of rotatable bonds is 15. The van der Waals surface area contributed by atoms with Gasteiger partial charge in [0.05, 0.1) is 28.5 Å². The van der Waals surface area contributed by atoms with Gasteiger partial charge in [0, 0.05) is 49.6 Å². The molecule has 3 aromatic rings. The van der Waals surface area contributed by atoms with Gasteiger partial charge in [-0.25, -0.2) is 4.98 Å². The predicted molar refractivity (Wildman–Crippen MR) is 186 cm³/mol. The van der Waals surface area contributed by atoms with Crippen LogP contribution in [0.3, 0.4) is 0 Å². The van der Waals surface area contributed by atoms with Gasteiger partial charge in [0.2, 0.25) is 0 Å². The van der Waals surface area contributed by atoms with Gasteiger partial charge < -0.3 is 34.7 Å². The minimum Gasteiger partial charge on any atom is -0.506 e. The van der Waals surface area contributed by atoms with Gasteiger partial charge >= 0.3 is 4.87 Å². The minimum atomic E-state index is -0.569. The molecular formula is C34H49N5O6S2. The molecule has 2 fully saturated rings. The smallest absolute Gasteiger partial charge is 0.305 e. The molecule has 3 N–H and O–H groups in total. The van der Waals surface area contributed by atoms with Crippen molar-refractivity contribution in [3.63, 3.8) is 0 Å². The first-order chi connectivity index (χ1) is 22.5. The van der Waals surface area contributed by atoms with E-state index in [2.05, 4.69) is 47.9 Å². The molecule has 1 aromatic carbocycles. The highest BCUT2D eigenvalue weighted by Gasteiger charge is 2.41. The number of hydrogen-bond donors (Lipinski definition) is 3. The molecule has 4 heterocycles. The number of phenols is 1. The fourth-order valence-corrected chi connectivity index (χ4v) is 8.38. The molecule has 13 heteroatoms. The van der Waals surface area contributed by atoms with E-state index in [1.54, 1.807) is 17.4 Å². The quantitative estimate of drug-likeness (QED) is 0.144. The number of unbranched alkanes of at least 4 members (excludes halogenated alkanes) is 2. The molecule has 11 nitrogen and oxygen atoms in total. The zero-order chi connectivity index (χ0) is 33.6. The molecule has 2 aliphatic rings. The number of aromatic amines is 1. The zero-order valence-electron chi connectivity index (χ0n) is 28.0. The summed E-state index contributed by atoms with van der Waals surface area (Å²) in [5.74, 6) is 0.349. The van der Waals surface area contributed by atoms with Crippen LogP contribution < -0.4 is 10.2 Å². The van der Waals surface area contributed by atoms with E-state index >= 15 is 0 Å². The molecule has 1 spiro atoms. The number of aromatic nitrogens is 2. The van der Waals surface area contributed by atoms with Gasteiger partial charge in [-0.2, -0.15) is 0 Å². The van der Waals surface area contributed by atoms with E-state index in [4.69, 9.17) is 9.47 Å². The highest BCUT2D eigenvalue weighted by molar-refractivity contribution is 7.16. The van der Waals surface area contributed by atoms with Gasteiger partial charge in [-0.15, -0.1) is 11.3 Å². The van der Waals surface area contributed by atoms with Crippen molar-refractivity contribution in [2.24, 2.45) is 5.41 Å². The van der Waals surface area contributed by atoms with E-state index in [1.807, 2.05) is 10.3 Å². The topological polar surface area (TPSA) is 137 Å². The molecule has 0 bridgehead atoms. The van der Waals surface area contributed by atoms with Crippen molar-refractivity contribution in [2.45, 2.75) is 83.8 Å². The first kappa shape index (κ1) is 35.5. The molecule has 2 saturated heterocycles. The summed E-state index contributed by atoms with van der Waals surface area (Å²) in [6, 6.07) is 3.22. The third-order valence-electron chi connectivity index (χ3n) is 9.45. The normalized spacial score (nSPS) is 17.9. The second-order valence-electron chi connectivity index (χ2n) is 14.0. The molecule has 258 valence electrons. The third-order valence-corrected chi connectivity index (χ3v) is 11.5. The second kappa shape index (κ2) is 15.6. The van der Waals surface area contributed by atoms with E-state index in [0.29, 0.717) is 60.1 Å². The Bertz CT molecular complexity index is 1560. The Morgan fingerprint density at radius 3 is 2.74 bits per heavy atom. The van der Waals surface area contributed by atoms with Crippen molar-refractivity contribution < 1.29 is 24.2 Å². The molecule has 1 atom stereocenters. The van der Waals surface area contributed by atoms with Crippen LogP contribution in [-0.2, 0) is 14.3 Å². The predicted octanol–water partition coefficient (Wildman–Crippen LogP) is 5.27. The Morgan fingerprint density at radius 2 is 2.02 bits per heavy atom. The number of aromatic hydroxyl groups is 1. The zero-order valence-corrected chi connectivity index (χ0v) is 29.6. The number of fused-ring (bicyclic) bond motifs is 1. The number of likely N-dealkylation sites (tertiary alicyclic amines) is 1. The number of carbonyl (C=O) groups is 2. The summed E-state index contributed by atoms with van der Waals surface area (Å²) < 4.78 is 12.3. The molecule has 0 unspecified atom stereocenters. The van der Waals surface area contributed by atoms with E-state index in [-0.39, 0.29) is 27.5 Å². The number of nitrogens with one attached hydrogen (secondary N) is 2. The van der Waals surface area contributed by atoms with Crippen LogP contribution >= 0.6 is 22.7 Å².